The molecule has 1 aromatic heterocycles. The largest absolute Gasteiger partial charge is 0.152 e. The predicted molar refractivity (Wildman–Crippen MR) is 54.6 cm³/mol. The minimum absolute atomic E-state index is 1.02. The normalized spacial score (nSPS) is 27.5. The predicted octanol–water partition coefficient (Wildman–Crippen LogP) is 3.65. The van der Waals surface area contributed by atoms with Gasteiger partial charge in [0.1, 0.15) is 0 Å². The summed E-state index contributed by atoms with van der Waals surface area (Å²) in [5.74, 6) is 2.06. The Morgan fingerprint density at radius 3 is 2.75 bits per heavy atom. The highest BCUT2D eigenvalue weighted by Crippen LogP contribution is 2.43. The molecular formula is C11H16S. The minimum atomic E-state index is 1.02. The molecule has 0 spiro atoms. The van der Waals surface area contributed by atoms with Gasteiger partial charge in [0.25, 0.3) is 0 Å². The van der Waals surface area contributed by atoms with Crippen molar-refractivity contribution >= 4 is 11.3 Å². The standard InChI is InChI=1S/C11H16S/c1-3-9-4-10(9)5-11-7-12-6-8(11)2/h6-7,9-10H,3-5H2,1-2H3. The van der Waals surface area contributed by atoms with Crippen molar-refractivity contribution in [3.8, 4) is 0 Å². The van der Waals surface area contributed by atoms with Crippen molar-refractivity contribution in [2.45, 2.75) is 33.1 Å². The van der Waals surface area contributed by atoms with E-state index in [1.54, 1.807) is 5.56 Å². The molecule has 1 saturated carbocycles. The maximum atomic E-state index is 2.32. The van der Waals surface area contributed by atoms with Gasteiger partial charge >= 0.3 is 0 Å². The van der Waals surface area contributed by atoms with E-state index in [0.29, 0.717) is 0 Å². The summed E-state index contributed by atoms with van der Waals surface area (Å²) in [6.45, 7) is 4.54. The highest BCUT2D eigenvalue weighted by molar-refractivity contribution is 7.08. The van der Waals surface area contributed by atoms with E-state index in [4.69, 9.17) is 0 Å². The average Bonchev–Trinajstić information content (AvgIpc) is 2.70. The number of hydrogen-bond donors (Lipinski definition) is 0. The molecule has 1 aliphatic carbocycles. The second-order valence-corrected chi connectivity index (χ2v) is 4.69. The maximum absolute atomic E-state index is 2.32. The van der Waals surface area contributed by atoms with Gasteiger partial charge in [0.2, 0.25) is 0 Å². The van der Waals surface area contributed by atoms with E-state index in [9.17, 15) is 0 Å². The molecule has 1 aromatic rings. The molecule has 0 saturated heterocycles. The molecule has 1 heteroatoms. The Hall–Kier alpha value is -0.300. The van der Waals surface area contributed by atoms with Gasteiger partial charge in [-0.1, -0.05) is 13.3 Å². The van der Waals surface area contributed by atoms with Gasteiger partial charge in [-0.25, -0.2) is 0 Å². The van der Waals surface area contributed by atoms with E-state index >= 15 is 0 Å². The van der Waals surface area contributed by atoms with Crippen LogP contribution in [0.25, 0.3) is 0 Å². The summed E-state index contributed by atoms with van der Waals surface area (Å²) < 4.78 is 0. The van der Waals surface area contributed by atoms with Gasteiger partial charge < -0.3 is 0 Å². The summed E-state index contributed by atoms with van der Waals surface area (Å²) in [6, 6.07) is 0. The number of thiophene rings is 1. The molecule has 1 fully saturated rings. The van der Waals surface area contributed by atoms with Crippen LogP contribution in [0.15, 0.2) is 10.8 Å². The zero-order chi connectivity index (χ0) is 8.55. The molecule has 0 N–H and O–H groups in total. The highest BCUT2D eigenvalue weighted by Gasteiger charge is 2.35. The molecular weight excluding hydrogens is 164 g/mol. The average molecular weight is 180 g/mol. The Kier molecular flexibility index (Phi) is 2.22. The van der Waals surface area contributed by atoms with Gasteiger partial charge in [-0.15, -0.1) is 0 Å². The van der Waals surface area contributed by atoms with Crippen LogP contribution in [0.3, 0.4) is 0 Å². The van der Waals surface area contributed by atoms with Crippen LogP contribution in [-0.4, -0.2) is 0 Å². The molecule has 0 nitrogen and oxygen atoms in total. The van der Waals surface area contributed by atoms with Crippen LogP contribution in [0.5, 0.6) is 0 Å². The summed E-state index contributed by atoms with van der Waals surface area (Å²) in [5, 5.41) is 4.58. The summed E-state index contributed by atoms with van der Waals surface area (Å²) in [5.41, 5.74) is 3.10. The van der Waals surface area contributed by atoms with Crippen LogP contribution in [0, 0.1) is 18.8 Å². The second-order valence-electron chi connectivity index (χ2n) is 3.95. The maximum Gasteiger partial charge on any atom is -0.00584 e. The van der Waals surface area contributed by atoms with E-state index in [1.807, 2.05) is 11.3 Å². The third-order valence-corrected chi connectivity index (χ3v) is 3.95. The molecule has 0 radical (unpaired) electrons. The van der Waals surface area contributed by atoms with Gasteiger partial charge in [-0.3, -0.25) is 0 Å². The summed E-state index contributed by atoms with van der Waals surface area (Å²) in [6.07, 6.45) is 4.20. The Morgan fingerprint density at radius 1 is 1.42 bits per heavy atom. The molecule has 0 bridgehead atoms. The fraction of sp³-hybridized carbons (Fsp3) is 0.636. The first-order valence-corrected chi connectivity index (χ1v) is 5.77. The van der Waals surface area contributed by atoms with Crippen LogP contribution in [0.4, 0.5) is 0 Å². The third-order valence-electron chi connectivity index (χ3n) is 3.04. The molecule has 1 heterocycles. The van der Waals surface area contributed by atoms with E-state index in [2.05, 4.69) is 24.6 Å². The first-order valence-electron chi connectivity index (χ1n) is 4.83. The van der Waals surface area contributed by atoms with E-state index in [1.165, 1.54) is 24.8 Å². The van der Waals surface area contributed by atoms with Crippen molar-refractivity contribution in [2.24, 2.45) is 11.8 Å². The van der Waals surface area contributed by atoms with Crippen LogP contribution in [-0.2, 0) is 6.42 Å². The van der Waals surface area contributed by atoms with E-state index in [-0.39, 0.29) is 0 Å². The minimum Gasteiger partial charge on any atom is -0.152 e. The molecule has 2 rings (SSSR count). The molecule has 0 aromatic carbocycles. The zero-order valence-corrected chi connectivity index (χ0v) is 8.66. The Morgan fingerprint density at radius 2 is 2.25 bits per heavy atom. The third kappa shape index (κ3) is 1.56. The Bertz CT molecular complexity index is 262. The zero-order valence-electron chi connectivity index (χ0n) is 7.84. The first kappa shape index (κ1) is 8.31. The van der Waals surface area contributed by atoms with Crippen molar-refractivity contribution in [1.29, 1.82) is 0 Å². The van der Waals surface area contributed by atoms with Crippen molar-refractivity contribution < 1.29 is 0 Å². The fourth-order valence-electron chi connectivity index (χ4n) is 1.94. The number of rotatable bonds is 3. The van der Waals surface area contributed by atoms with Crippen LogP contribution < -0.4 is 0 Å². The van der Waals surface area contributed by atoms with Gasteiger partial charge in [-0.05, 0) is 53.5 Å². The molecule has 2 atom stereocenters. The van der Waals surface area contributed by atoms with Crippen molar-refractivity contribution in [1.82, 2.24) is 0 Å². The lowest BCUT2D eigenvalue weighted by Gasteiger charge is -1.97. The smallest absolute Gasteiger partial charge is 0.00584 e. The molecule has 1 aliphatic rings. The molecule has 0 amide bonds. The lowest BCUT2D eigenvalue weighted by Crippen LogP contribution is -1.89. The quantitative estimate of drug-likeness (QED) is 0.666. The monoisotopic (exact) mass is 180 g/mol. The second kappa shape index (κ2) is 3.21. The fourth-order valence-corrected chi connectivity index (χ4v) is 2.81. The molecule has 0 aliphatic heterocycles. The SMILES string of the molecule is CCC1CC1Cc1cscc1C. The number of aryl methyl sites for hydroxylation is 1. The topological polar surface area (TPSA) is 0 Å². The van der Waals surface area contributed by atoms with E-state index in [0.717, 1.165) is 11.8 Å². The number of hydrogen-bond acceptors (Lipinski definition) is 1. The van der Waals surface area contributed by atoms with Crippen LogP contribution >= 0.6 is 11.3 Å². The lowest BCUT2D eigenvalue weighted by atomic mass is 10.1. The van der Waals surface area contributed by atoms with Crippen LogP contribution in [0.2, 0.25) is 0 Å². The van der Waals surface area contributed by atoms with Gasteiger partial charge in [0, 0.05) is 0 Å². The Labute approximate surface area is 78.6 Å². The molecule has 12 heavy (non-hydrogen) atoms. The Balaban J connectivity index is 1.93. The highest BCUT2D eigenvalue weighted by atomic mass is 32.1. The van der Waals surface area contributed by atoms with Crippen molar-refractivity contribution in [3.05, 3.63) is 21.9 Å². The van der Waals surface area contributed by atoms with Crippen molar-refractivity contribution in [2.75, 3.05) is 0 Å². The van der Waals surface area contributed by atoms with E-state index < -0.39 is 0 Å². The summed E-state index contributed by atoms with van der Waals surface area (Å²) in [4.78, 5) is 0. The summed E-state index contributed by atoms with van der Waals surface area (Å²) in [7, 11) is 0. The summed E-state index contributed by atoms with van der Waals surface area (Å²) >= 11 is 1.84. The van der Waals surface area contributed by atoms with Gasteiger partial charge in [0.15, 0.2) is 0 Å². The van der Waals surface area contributed by atoms with Gasteiger partial charge in [-0.2, -0.15) is 11.3 Å². The van der Waals surface area contributed by atoms with Crippen LogP contribution in [0.1, 0.15) is 30.9 Å². The lowest BCUT2D eigenvalue weighted by molar-refractivity contribution is 0.677. The van der Waals surface area contributed by atoms with Crippen molar-refractivity contribution in [3.63, 3.8) is 0 Å². The first-order chi connectivity index (χ1) is 5.81. The molecule has 2 unspecified atom stereocenters. The van der Waals surface area contributed by atoms with Gasteiger partial charge in [0.05, 0.1) is 0 Å². The molecule has 66 valence electrons.